The van der Waals surface area contributed by atoms with Gasteiger partial charge in [-0.25, -0.2) is 0 Å². The lowest BCUT2D eigenvalue weighted by Gasteiger charge is -2.06. The Morgan fingerprint density at radius 1 is 0.119 bits per heavy atom. The highest BCUT2D eigenvalue weighted by Crippen LogP contribution is 2.19. The van der Waals surface area contributed by atoms with Crippen LogP contribution >= 0.6 is 0 Å². The zero-order valence-corrected chi connectivity index (χ0v) is 58.9. The van der Waals surface area contributed by atoms with E-state index in [9.17, 15) is 0 Å². The molecule has 84 heavy (non-hydrogen) atoms. The Kier molecular flexibility index (Phi) is 33.3. The summed E-state index contributed by atoms with van der Waals surface area (Å²) < 4.78 is 0. The van der Waals surface area contributed by atoms with E-state index in [0.717, 1.165) is 0 Å². The molecule has 0 aliphatic carbocycles. The maximum Gasteiger partial charge on any atom is -0.0392 e. The number of hydrogen-bond donors (Lipinski definition) is 0. The smallest absolute Gasteiger partial charge is 0.0392 e. The summed E-state index contributed by atoms with van der Waals surface area (Å²) in [6, 6.07) is 51.8. The van der Waals surface area contributed by atoms with Crippen LogP contribution in [0.15, 0.2) is 146 Å². The number of aryl methyl sites for hydroxylation is 23. The van der Waals surface area contributed by atoms with Crippen LogP contribution < -0.4 is 0 Å². The minimum atomic E-state index is 1.35. The molecule has 0 saturated carbocycles. The van der Waals surface area contributed by atoms with E-state index in [-0.39, 0.29) is 0 Å². The monoisotopic (exact) mass is 1120 g/mol. The van der Waals surface area contributed by atoms with Crippen molar-refractivity contribution in [2.75, 3.05) is 0 Å². The third kappa shape index (κ3) is 26.7. The van der Waals surface area contributed by atoms with Crippen LogP contribution in [0.3, 0.4) is 0 Å². The maximum absolute atomic E-state index is 2.24. The maximum atomic E-state index is 2.24. The second kappa shape index (κ2) is 37.3. The van der Waals surface area contributed by atoms with Gasteiger partial charge in [0.15, 0.2) is 0 Å². The molecule has 9 aromatic rings. The summed E-state index contributed by atoms with van der Waals surface area (Å²) in [5, 5.41) is 0. The van der Waals surface area contributed by atoms with Crippen LogP contribution in [-0.4, -0.2) is 0 Å². The predicted octanol–water partition coefficient (Wildman–Crippen LogP) is 24.4. The average Bonchev–Trinajstić information content (AvgIpc) is 3.51. The molecule has 0 saturated heterocycles. The molecule has 0 radical (unpaired) electrons. The van der Waals surface area contributed by atoms with Crippen LogP contribution in [0.4, 0.5) is 0 Å². The summed E-state index contributed by atoms with van der Waals surface area (Å²) in [4.78, 5) is 0. The van der Waals surface area contributed by atoms with Crippen LogP contribution in [0.25, 0.3) is 0 Å². The lowest BCUT2D eigenvalue weighted by atomic mass is 10.0. The number of hydrogen-bond acceptors (Lipinski definition) is 0. The van der Waals surface area contributed by atoms with Gasteiger partial charge in [-0.3, -0.25) is 0 Å². The van der Waals surface area contributed by atoms with Gasteiger partial charge in [0.1, 0.15) is 0 Å². The van der Waals surface area contributed by atoms with Gasteiger partial charge in [-0.2, -0.15) is 0 Å². The van der Waals surface area contributed by atoms with Crippen molar-refractivity contribution in [3.8, 4) is 0 Å². The van der Waals surface area contributed by atoms with Crippen molar-refractivity contribution >= 4 is 0 Å². The molecule has 450 valence electrons. The van der Waals surface area contributed by atoms with Crippen LogP contribution in [0, 0.1) is 208 Å². The molecule has 0 heterocycles. The Labute approximate surface area is 517 Å². The highest BCUT2D eigenvalue weighted by molar-refractivity contribution is 5.40. The van der Waals surface area contributed by atoms with Crippen molar-refractivity contribution in [3.63, 3.8) is 0 Å². The molecular formula is C84H114. The molecular weight excluding hydrogens is 1010 g/mol. The van der Waals surface area contributed by atoms with Crippen LogP contribution in [0.1, 0.15) is 167 Å². The van der Waals surface area contributed by atoms with Crippen LogP contribution in [-0.2, 0) is 0 Å². The summed E-state index contributed by atoms with van der Waals surface area (Å²) in [5.41, 5.74) is 41.8. The van der Waals surface area contributed by atoms with Gasteiger partial charge in [0.25, 0.3) is 0 Å². The zero-order valence-electron chi connectivity index (χ0n) is 58.9. The third-order valence-electron chi connectivity index (χ3n) is 17.3. The lowest BCUT2D eigenvalue weighted by Crippen LogP contribution is -1.88. The molecule has 0 aliphatic heterocycles. The topological polar surface area (TPSA) is 0 Å². The molecule has 9 aromatic carbocycles. The molecule has 0 spiro atoms. The van der Waals surface area contributed by atoms with Gasteiger partial charge in [-0.05, 0) is 358 Å². The molecule has 0 heteroatoms. The predicted molar refractivity (Wildman–Crippen MR) is 380 cm³/mol. The van der Waals surface area contributed by atoms with E-state index < -0.39 is 0 Å². The molecule has 9 rings (SSSR count). The number of benzene rings is 9. The zero-order chi connectivity index (χ0) is 64.3. The van der Waals surface area contributed by atoms with Crippen molar-refractivity contribution in [3.05, 3.63) is 312 Å². The van der Waals surface area contributed by atoms with E-state index >= 15 is 0 Å². The first-order valence-corrected chi connectivity index (χ1v) is 30.4. The van der Waals surface area contributed by atoms with Crippen LogP contribution in [0.2, 0.25) is 0 Å². The average molecular weight is 1120 g/mol. The van der Waals surface area contributed by atoms with E-state index in [0.29, 0.717) is 0 Å². The van der Waals surface area contributed by atoms with E-state index in [1.165, 1.54) is 167 Å². The first kappa shape index (κ1) is 75.0. The highest BCUT2D eigenvalue weighted by Gasteiger charge is 2.01. The fraction of sp³-hybridized carbons (Fsp3) is 0.357. The van der Waals surface area contributed by atoms with Crippen molar-refractivity contribution in [1.29, 1.82) is 0 Å². The molecule has 0 aliphatic rings. The summed E-state index contributed by atoms with van der Waals surface area (Å²) in [7, 11) is 0. The number of rotatable bonds is 0. The van der Waals surface area contributed by atoms with Gasteiger partial charge >= 0.3 is 0 Å². The van der Waals surface area contributed by atoms with Gasteiger partial charge in [-0.1, -0.05) is 162 Å². The lowest BCUT2D eigenvalue weighted by molar-refractivity contribution is 1.22. The molecule has 0 fully saturated rings. The minimum Gasteiger partial charge on any atom is -0.0620 e. The highest BCUT2D eigenvalue weighted by atomic mass is 14.1. The first-order chi connectivity index (χ1) is 39.1. The Balaban J connectivity index is 0.000000473. The van der Waals surface area contributed by atoms with Crippen molar-refractivity contribution in [1.82, 2.24) is 0 Å². The van der Waals surface area contributed by atoms with Gasteiger partial charge < -0.3 is 0 Å². The molecule has 0 bridgehead atoms. The SMILES string of the molecule is Cc1cc(C)c(C)c(C)c1.Cc1cc(C)c(C)cc1C.Cc1ccc(C)c(C)c1.Cc1ccc(C)c(C)c1.Cc1ccc(C)c(C)c1C.Cc1ccc(C)c(C)c1C.Cc1cccc(C)c1C.Cc1cccc(C)c1C.Cc1ccccc1C. The third-order valence-corrected chi connectivity index (χ3v) is 17.3. The Hall–Kier alpha value is -7.02. The van der Waals surface area contributed by atoms with Crippen molar-refractivity contribution in [2.24, 2.45) is 0 Å². The quantitative estimate of drug-likeness (QED) is 0.142. The standard InChI is InChI=1S/4C10H14.4C9H12.C8H10/c1-7-5-9(3)10(4)6-8(7)2;1-7-5-8(2)10(4)9(3)6-7;2*1-7-5-6-8(2)10(4)9(7)3;2*1-7-4-5-8(2)9(3)6-7;2*1-7-5-4-6-8(2)9(7)3;1-7-5-3-4-6-8(7)2/h4*5-6H,1-4H3;4*4-6H,1-3H3;3-6H,1-2H3. The molecule has 0 N–H and O–H groups in total. The Morgan fingerprint density at radius 3 is 0.512 bits per heavy atom. The summed E-state index contributed by atoms with van der Waals surface area (Å²) in [5.74, 6) is 0. The summed E-state index contributed by atoms with van der Waals surface area (Å²) >= 11 is 0. The van der Waals surface area contributed by atoms with Gasteiger partial charge in [0.2, 0.25) is 0 Å². The Bertz CT molecular complexity index is 3130. The van der Waals surface area contributed by atoms with E-state index in [4.69, 9.17) is 0 Å². The minimum absolute atomic E-state index is 1.35. The fourth-order valence-electron chi connectivity index (χ4n) is 8.78. The summed E-state index contributed by atoms with van der Waals surface area (Å²) in [6.07, 6.45) is 0. The molecule has 0 atom stereocenters. The second-order valence-corrected chi connectivity index (χ2v) is 24.2. The Morgan fingerprint density at radius 2 is 0.298 bits per heavy atom. The molecule has 0 nitrogen and oxygen atoms in total. The van der Waals surface area contributed by atoms with Gasteiger partial charge in [0.05, 0.1) is 0 Å². The van der Waals surface area contributed by atoms with E-state index in [2.05, 4.69) is 353 Å². The van der Waals surface area contributed by atoms with E-state index in [1.807, 2.05) is 0 Å². The van der Waals surface area contributed by atoms with Crippen molar-refractivity contribution in [2.45, 2.75) is 208 Å². The van der Waals surface area contributed by atoms with Gasteiger partial charge in [0, 0.05) is 0 Å². The van der Waals surface area contributed by atoms with Crippen molar-refractivity contribution < 1.29 is 0 Å². The van der Waals surface area contributed by atoms with Crippen LogP contribution in [0.5, 0.6) is 0 Å². The molecule has 0 aromatic heterocycles. The summed E-state index contributed by atoms with van der Waals surface area (Å²) in [6.45, 7) is 64.5. The van der Waals surface area contributed by atoms with Gasteiger partial charge in [-0.15, -0.1) is 0 Å². The van der Waals surface area contributed by atoms with E-state index in [1.54, 1.807) is 0 Å². The normalized spacial score (nSPS) is 9.79. The second-order valence-electron chi connectivity index (χ2n) is 24.2. The molecule has 0 unspecified atom stereocenters. The largest absolute Gasteiger partial charge is 0.0620 e. The molecule has 0 amide bonds. The fourth-order valence-corrected chi connectivity index (χ4v) is 8.78. The first-order valence-electron chi connectivity index (χ1n) is 30.4.